The normalized spacial score (nSPS) is 17.8. The van der Waals surface area contributed by atoms with Crippen LogP contribution in [0.15, 0.2) is 12.3 Å². The summed E-state index contributed by atoms with van der Waals surface area (Å²) < 4.78 is 0. The first-order chi connectivity index (χ1) is 8.91. The van der Waals surface area contributed by atoms with E-state index in [1.54, 1.807) is 0 Å². The van der Waals surface area contributed by atoms with E-state index in [0.29, 0.717) is 6.54 Å². The highest BCUT2D eigenvalue weighted by atomic mass is 15.3. The summed E-state index contributed by atoms with van der Waals surface area (Å²) in [5.74, 6) is 0. The van der Waals surface area contributed by atoms with Gasteiger partial charge >= 0.3 is 0 Å². The highest BCUT2D eigenvalue weighted by Gasteiger charge is 2.26. The number of piperazine rings is 1. The zero-order chi connectivity index (χ0) is 14.0. The summed E-state index contributed by atoms with van der Waals surface area (Å²) in [6.07, 6.45) is 1.92. The lowest BCUT2D eigenvalue weighted by Crippen LogP contribution is -2.53. The molecule has 0 unspecified atom stereocenters. The molecule has 1 aliphatic rings. The largest absolute Gasteiger partial charge is 0.369 e. The number of pyridine rings is 1. The Bertz CT molecular complexity index is 428. The highest BCUT2D eigenvalue weighted by Crippen LogP contribution is 2.24. The number of hydrogen-bond acceptors (Lipinski definition) is 4. The van der Waals surface area contributed by atoms with Crippen molar-refractivity contribution < 1.29 is 0 Å². The van der Waals surface area contributed by atoms with Gasteiger partial charge in [0.05, 0.1) is 0 Å². The van der Waals surface area contributed by atoms with E-state index in [9.17, 15) is 0 Å². The molecule has 4 heteroatoms. The second-order valence-electron chi connectivity index (χ2n) is 6.30. The molecule has 0 saturated carbocycles. The fourth-order valence-corrected chi connectivity index (χ4v) is 2.64. The maximum Gasteiger partial charge on any atom is 0.0446 e. The third-order valence-electron chi connectivity index (χ3n) is 3.89. The van der Waals surface area contributed by atoms with Crippen molar-refractivity contribution in [3.05, 3.63) is 23.5 Å². The van der Waals surface area contributed by atoms with Crippen molar-refractivity contribution in [1.82, 2.24) is 9.88 Å². The minimum absolute atomic E-state index is 0.261. The molecule has 0 aromatic carbocycles. The Morgan fingerprint density at radius 3 is 2.37 bits per heavy atom. The molecule has 2 heterocycles. The standard InChI is InChI=1S/C15H26N4/c1-12-9-14(13(10-16)11-17-12)18-5-7-19(8-6-18)15(2,3)4/h9,11H,5-8,10,16H2,1-4H3. The van der Waals surface area contributed by atoms with Crippen molar-refractivity contribution in [3.63, 3.8) is 0 Å². The van der Waals surface area contributed by atoms with Gasteiger partial charge < -0.3 is 10.6 Å². The highest BCUT2D eigenvalue weighted by molar-refractivity contribution is 5.54. The van der Waals surface area contributed by atoms with Crippen molar-refractivity contribution in [1.29, 1.82) is 0 Å². The second-order valence-corrected chi connectivity index (χ2v) is 6.30. The molecule has 0 spiro atoms. The van der Waals surface area contributed by atoms with Gasteiger partial charge in [-0.3, -0.25) is 9.88 Å². The predicted octanol–water partition coefficient (Wildman–Crippen LogP) is 1.77. The van der Waals surface area contributed by atoms with E-state index in [1.807, 2.05) is 13.1 Å². The average molecular weight is 262 g/mol. The van der Waals surface area contributed by atoms with Crippen LogP contribution in [0.2, 0.25) is 0 Å². The molecule has 2 N–H and O–H groups in total. The van der Waals surface area contributed by atoms with Crippen molar-refractivity contribution in [2.45, 2.75) is 39.8 Å². The first-order valence-corrected chi connectivity index (χ1v) is 7.07. The van der Waals surface area contributed by atoms with Crippen LogP contribution in [0, 0.1) is 6.92 Å². The van der Waals surface area contributed by atoms with Crippen LogP contribution in [0.25, 0.3) is 0 Å². The molecule has 1 aliphatic heterocycles. The minimum Gasteiger partial charge on any atom is -0.369 e. The van der Waals surface area contributed by atoms with Crippen LogP contribution < -0.4 is 10.6 Å². The van der Waals surface area contributed by atoms with Gasteiger partial charge in [-0.05, 0) is 33.8 Å². The summed E-state index contributed by atoms with van der Waals surface area (Å²) in [4.78, 5) is 9.33. The Morgan fingerprint density at radius 2 is 1.84 bits per heavy atom. The van der Waals surface area contributed by atoms with Crippen LogP contribution in [0.5, 0.6) is 0 Å². The number of rotatable bonds is 2. The number of aryl methyl sites for hydroxylation is 1. The number of anilines is 1. The van der Waals surface area contributed by atoms with Crippen molar-refractivity contribution in [2.24, 2.45) is 5.73 Å². The minimum atomic E-state index is 0.261. The molecule has 1 aromatic rings. The molecule has 0 atom stereocenters. The van der Waals surface area contributed by atoms with Gasteiger partial charge in [-0.15, -0.1) is 0 Å². The van der Waals surface area contributed by atoms with Gasteiger partial charge in [0.15, 0.2) is 0 Å². The van der Waals surface area contributed by atoms with E-state index in [2.05, 4.69) is 41.6 Å². The lowest BCUT2D eigenvalue weighted by atomic mass is 10.0. The van der Waals surface area contributed by atoms with Gasteiger partial charge in [0.2, 0.25) is 0 Å². The molecular formula is C15H26N4. The maximum absolute atomic E-state index is 5.83. The van der Waals surface area contributed by atoms with E-state index in [4.69, 9.17) is 5.73 Å². The third-order valence-corrected chi connectivity index (χ3v) is 3.89. The lowest BCUT2D eigenvalue weighted by Gasteiger charge is -2.43. The van der Waals surface area contributed by atoms with Crippen molar-refractivity contribution in [2.75, 3.05) is 31.1 Å². The molecular weight excluding hydrogens is 236 g/mol. The van der Waals surface area contributed by atoms with Gasteiger partial charge in [0.1, 0.15) is 0 Å². The molecule has 1 fully saturated rings. The lowest BCUT2D eigenvalue weighted by molar-refractivity contribution is 0.128. The number of aromatic nitrogens is 1. The van der Waals surface area contributed by atoms with E-state index in [1.165, 1.54) is 5.69 Å². The summed E-state index contributed by atoms with van der Waals surface area (Å²) in [5, 5.41) is 0. The predicted molar refractivity (Wildman–Crippen MR) is 80.4 cm³/mol. The first kappa shape index (κ1) is 14.3. The van der Waals surface area contributed by atoms with Crippen molar-refractivity contribution in [3.8, 4) is 0 Å². The Hall–Kier alpha value is -1.13. The van der Waals surface area contributed by atoms with E-state index in [0.717, 1.165) is 37.4 Å². The van der Waals surface area contributed by atoms with Gasteiger partial charge in [0.25, 0.3) is 0 Å². The van der Waals surface area contributed by atoms with Crippen LogP contribution in [-0.4, -0.2) is 41.6 Å². The molecule has 1 saturated heterocycles. The average Bonchev–Trinajstić information content (AvgIpc) is 2.38. The Balaban J connectivity index is 2.11. The molecule has 2 rings (SSSR count). The van der Waals surface area contributed by atoms with E-state index in [-0.39, 0.29) is 5.54 Å². The zero-order valence-corrected chi connectivity index (χ0v) is 12.6. The smallest absolute Gasteiger partial charge is 0.0446 e. The summed E-state index contributed by atoms with van der Waals surface area (Å²) in [6, 6.07) is 2.16. The van der Waals surface area contributed by atoms with Crippen LogP contribution in [0.4, 0.5) is 5.69 Å². The molecule has 4 nitrogen and oxygen atoms in total. The number of nitrogens with zero attached hydrogens (tertiary/aromatic N) is 3. The summed E-state index contributed by atoms with van der Waals surface area (Å²) >= 11 is 0. The summed E-state index contributed by atoms with van der Waals surface area (Å²) in [6.45, 7) is 13.8. The molecule has 1 aromatic heterocycles. The molecule has 0 bridgehead atoms. The van der Waals surface area contributed by atoms with Crippen LogP contribution in [-0.2, 0) is 6.54 Å². The molecule has 106 valence electrons. The van der Waals surface area contributed by atoms with Crippen LogP contribution in [0.3, 0.4) is 0 Å². The topological polar surface area (TPSA) is 45.4 Å². The Labute approximate surface area is 116 Å². The fourth-order valence-electron chi connectivity index (χ4n) is 2.64. The van der Waals surface area contributed by atoms with E-state index >= 15 is 0 Å². The quantitative estimate of drug-likeness (QED) is 0.882. The van der Waals surface area contributed by atoms with E-state index < -0.39 is 0 Å². The van der Waals surface area contributed by atoms with Gasteiger partial charge in [-0.1, -0.05) is 0 Å². The molecule has 19 heavy (non-hydrogen) atoms. The third kappa shape index (κ3) is 3.25. The van der Waals surface area contributed by atoms with Gasteiger partial charge in [-0.2, -0.15) is 0 Å². The Morgan fingerprint density at radius 1 is 1.21 bits per heavy atom. The molecule has 0 radical (unpaired) electrons. The van der Waals surface area contributed by atoms with Crippen LogP contribution in [0.1, 0.15) is 32.0 Å². The first-order valence-electron chi connectivity index (χ1n) is 7.07. The van der Waals surface area contributed by atoms with Gasteiger partial charge in [0, 0.05) is 61.4 Å². The summed E-state index contributed by atoms with van der Waals surface area (Å²) in [5.41, 5.74) is 9.56. The van der Waals surface area contributed by atoms with Crippen molar-refractivity contribution >= 4 is 5.69 Å². The Kier molecular flexibility index (Phi) is 4.11. The number of nitrogens with two attached hydrogens (primary N) is 1. The monoisotopic (exact) mass is 262 g/mol. The van der Waals surface area contributed by atoms with Gasteiger partial charge in [-0.25, -0.2) is 0 Å². The SMILES string of the molecule is Cc1cc(N2CCN(C(C)(C)C)CC2)c(CN)cn1. The maximum atomic E-state index is 5.83. The zero-order valence-electron chi connectivity index (χ0n) is 12.6. The second kappa shape index (κ2) is 5.47. The number of hydrogen-bond donors (Lipinski definition) is 1. The fraction of sp³-hybridized carbons (Fsp3) is 0.667. The molecule has 0 aliphatic carbocycles. The summed E-state index contributed by atoms with van der Waals surface area (Å²) in [7, 11) is 0. The molecule has 0 amide bonds. The van der Waals surface area contributed by atoms with Crippen LogP contribution >= 0.6 is 0 Å².